The largest absolute Gasteiger partial charge is 0.496 e. The Morgan fingerprint density at radius 3 is 2.79 bits per heavy atom. The quantitative estimate of drug-likeness (QED) is 0.785. The molecule has 0 atom stereocenters. The summed E-state index contributed by atoms with van der Waals surface area (Å²) >= 11 is 0. The molecule has 0 saturated heterocycles. The van der Waals surface area contributed by atoms with E-state index in [-0.39, 0.29) is 12.1 Å². The minimum atomic E-state index is -0.488. The molecular formula is C18H16FN3O2. The normalized spacial score (nSPS) is 10.4. The van der Waals surface area contributed by atoms with Crippen LogP contribution in [-0.2, 0) is 6.54 Å². The third-order valence-electron chi connectivity index (χ3n) is 3.52. The zero-order chi connectivity index (χ0) is 16.9. The molecule has 0 unspecified atom stereocenters. The monoisotopic (exact) mass is 325 g/mol. The average molecular weight is 325 g/mol. The number of amides is 1. The number of hydrogen-bond donors (Lipinski definition) is 1. The molecule has 0 saturated carbocycles. The number of carbonyl (C=O) groups is 1. The van der Waals surface area contributed by atoms with Gasteiger partial charge in [-0.1, -0.05) is 18.2 Å². The van der Waals surface area contributed by atoms with Crippen LogP contribution < -0.4 is 10.1 Å². The molecule has 5 nitrogen and oxygen atoms in total. The number of para-hydroxylation sites is 1. The molecule has 1 heterocycles. The lowest BCUT2D eigenvalue weighted by Crippen LogP contribution is -2.23. The maximum Gasteiger partial charge on any atom is 0.255 e. The number of halogens is 1. The summed E-state index contributed by atoms with van der Waals surface area (Å²) in [6.45, 7) is 0.283. The first kappa shape index (κ1) is 15.7. The van der Waals surface area contributed by atoms with Gasteiger partial charge in [0.15, 0.2) is 0 Å². The molecule has 1 amide bonds. The van der Waals surface area contributed by atoms with E-state index in [0.717, 1.165) is 17.3 Å². The van der Waals surface area contributed by atoms with E-state index in [1.807, 2.05) is 36.5 Å². The Balaban J connectivity index is 1.69. The van der Waals surface area contributed by atoms with Crippen LogP contribution in [0, 0.1) is 5.82 Å². The molecular weight excluding hydrogens is 309 g/mol. The molecule has 3 aromatic rings. The number of rotatable bonds is 5. The van der Waals surface area contributed by atoms with E-state index in [2.05, 4.69) is 10.4 Å². The smallest absolute Gasteiger partial charge is 0.255 e. The molecule has 3 rings (SSSR count). The number of carbonyl (C=O) groups excluding carboxylic acids is 1. The van der Waals surface area contributed by atoms with Crippen molar-refractivity contribution in [2.24, 2.45) is 0 Å². The summed E-state index contributed by atoms with van der Waals surface area (Å²) in [5, 5.41) is 7.01. The highest BCUT2D eigenvalue weighted by Crippen LogP contribution is 2.19. The van der Waals surface area contributed by atoms with Gasteiger partial charge in [-0.2, -0.15) is 5.10 Å². The number of ether oxygens (including phenoxy) is 1. The lowest BCUT2D eigenvalue weighted by atomic mass is 10.1. The summed E-state index contributed by atoms with van der Waals surface area (Å²) in [5.41, 5.74) is 1.93. The summed E-state index contributed by atoms with van der Waals surface area (Å²) < 4.78 is 20.2. The molecule has 24 heavy (non-hydrogen) atoms. The van der Waals surface area contributed by atoms with Crippen molar-refractivity contribution < 1.29 is 13.9 Å². The number of benzene rings is 2. The van der Waals surface area contributed by atoms with Crippen molar-refractivity contribution in [3.05, 3.63) is 77.9 Å². The molecule has 1 aromatic heterocycles. The SMILES string of the molecule is COc1ccc(F)cc1C(=O)NCc1cnn(-c2ccccc2)c1. The second-order valence-electron chi connectivity index (χ2n) is 5.16. The Bertz CT molecular complexity index is 846. The fraction of sp³-hybridized carbons (Fsp3) is 0.111. The first-order chi connectivity index (χ1) is 11.7. The lowest BCUT2D eigenvalue weighted by molar-refractivity contribution is 0.0947. The molecule has 0 aliphatic carbocycles. The molecule has 0 aliphatic heterocycles. The average Bonchev–Trinajstić information content (AvgIpc) is 3.09. The Kier molecular flexibility index (Phi) is 4.56. The van der Waals surface area contributed by atoms with Gasteiger partial charge < -0.3 is 10.1 Å². The van der Waals surface area contributed by atoms with E-state index in [1.165, 1.54) is 19.2 Å². The Hall–Kier alpha value is -3.15. The van der Waals surface area contributed by atoms with Crippen molar-refractivity contribution in [3.8, 4) is 11.4 Å². The van der Waals surface area contributed by atoms with Gasteiger partial charge in [-0.15, -0.1) is 0 Å². The molecule has 1 N–H and O–H groups in total. The summed E-state index contributed by atoms with van der Waals surface area (Å²) in [6.07, 6.45) is 3.51. The zero-order valence-corrected chi connectivity index (χ0v) is 13.1. The highest BCUT2D eigenvalue weighted by Gasteiger charge is 2.13. The van der Waals surface area contributed by atoms with Gasteiger partial charge in [0.05, 0.1) is 24.6 Å². The van der Waals surface area contributed by atoms with E-state index in [0.29, 0.717) is 5.75 Å². The zero-order valence-electron chi connectivity index (χ0n) is 13.1. The van der Waals surface area contributed by atoms with Crippen LogP contribution in [0.5, 0.6) is 5.75 Å². The Morgan fingerprint density at radius 1 is 1.25 bits per heavy atom. The van der Waals surface area contributed by atoms with Crippen LogP contribution in [0.2, 0.25) is 0 Å². The van der Waals surface area contributed by atoms with Gasteiger partial charge in [-0.25, -0.2) is 9.07 Å². The van der Waals surface area contributed by atoms with Gasteiger partial charge >= 0.3 is 0 Å². The molecule has 0 fully saturated rings. The first-order valence-electron chi connectivity index (χ1n) is 7.38. The summed E-state index contributed by atoms with van der Waals surface area (Å²) in [7, 11) is 1.44. The minimum absolute atomic E-state index is 0.160. The van der Waals surface area contributed by atoms with Crippen molar-refractivity contribution in [1.82, 2.24) is 15.1 Å². The van der Waals surface area contributed by atoms with Crippen LogP contribution in [0.25, 0.3) is 5.69 Å². The summed E-state index contributed by atoms with van der Waals surface area (Å²) in [5.74, 6) is -0.564. The second-order valence-corrected chi connectivity index (χ2v) is 5.16. The maximum absolute atomic E-state index is 13.3. The van der Waals surface area contributed by atoms with Gasteiger partial charge in [0.2, 0.25) is 0 Å². The fourth-order valence-electron chi connectivity index (χ4n) is 2.31. The van der Waals surface area contributed by atoms with Crippen LogP contribution in [0.15, 0.2) is 60.9 Å². The van der Waals surface area contributed by atoms with E-state index in [9.17, 15) is 9.18 Å². The van der Waals surface area contributed by atoms with Crippen LogP contribution in [0.4, 0.5) is 4.39 Å². The van der Waals surface area contributed by atoms with Crippen LogP contribution in [0.3, 0.4) is 0 Å². The molecule has 0 aliphatic rings. The van der Waals surface area contributed by atoms with E-state index >= 15 is 0 Å². The second kappa shape index (κ2) is 6.95. The van der Waals surface area contributed by atoms with Gasteiger partial charge in [0.1, 0.15) is 11.6 Å². The number of methoxy groups -OCH3 is 1. The molecule has 0 spiro atoms. The van der Waals surface area contributed by atoms with Crippen molar-refractivity contribution in [1.29, 1.82) is 0 Å². The van der Waals surface area contributed by atoms with Crippen LogP contribution in [-0.4, -0.2) is 22.8 Å². The molecule has 6 heteroatoms. The predicted molar refractivity (Wildman–Crippen MR) is 87.7 cm³/mol. The summed E-state index contributed by atoms with van der Waals surface area (Å²) in [6, 6.07) is 13.5. The molecule has 0 bridgehead atoms. The van der Waals surface area contributed by atoms with Gasteiger partial charge in [-0.05, 0) is 30.3 Å². The van der Waals surface area contributed by atoms with Crippen LogP contribution >= 0.6 is 0 Å². The third kappa shape index (κ3) is 3.43. The molecule has 2 aromatic carbocycles. The van der Waals surface area contributed by atoms with Gasteiger partial charge in [-0.3, -0.25) is 4.79 Å². The lowest BCUT2D eigenvalue weighted by Gasteiger charge is -2.08. The maximum atomic E-state index is 13.3. The number of aromatic nitrogens is 2. The van der Waals surface area contributed by atoms with Gasteiger partial charge in [0.25, 0.3) is 5.91 Å². The fourth-order valence-corrected chi connectivity index (χ4v) is 2.31. The van der Waals surface area contributed by atoms with E-state index < -0.39 is 11.7 Å². The molecule has 0 radical (unpaired) electrons. The van der Waals surface area contributed by atoms with E-state index in [1.54, 1.807) is 10.9 Å². The van der Waals surface area contributed by atoms with Gasteiger partial charge in [0, 0.05) is 18.3 Å². The summed E-state index contributed by atoms with van der Waals surface area (Å²) in [4.78, 5) is 12.2. The Labute approximate surface area is 138 Å². The van der Waals surface area contributed by atoms with Crippen molar-refractivity contribution in [2.45, 2.75) is 6.54 Å². The van der Waals surface area contributed by atoms with Crippen molar-refractivity contribution in [2.75, 3.05) is 7.11 Å². The van der Waals surface area contributed by atoms with Crippen molar-refractivity contribution >= 4 is 5.91 Å². The van der Waals surface area contributed by atoms with Crippen molar-refractivity contribution in [3.63, 3.8) is 0 Å². The standard InChI is InChI=1S/C18H16FN3O2/c1-24-17-8-7-14(19)9-16(17)18(23)20-10-13-11-21-22(12-13)15-5-3-2-4-6-15/h2-9,11-12H,10H2,1H3,(H,20,23). The highest BCUT2D eigenvalue weighted by molar-refractivity contribution is 5.96. The topological polar surface area (TPSA) is 56.1 Å². The Morgan fingerprint density at radius 2 is 2.04 bits per heavy atom. The first-order valence-corrected chi connectivity index (χ1v) is 7.38. The highest BCUT2D eigenvalue weighted by atomic mass is 19.1. The number of nitrogens with one attached hydrogen (secondary N) is 1. The van der Waals surface area contributed by atoms with Crippen LogP contribution in [0.1, 0.15) is 15.9 Å². The van der Waals surface area contributed by atoms with E-state index in [4.69, 9.17) is 4.74 Å². The number of nitrogens with zero attached hydrogens (tertiary/aromatic N) is 2. The third-order valence-corrected chi connectivity index (χ3v) is 3.52. The number of hydrogen-bond acceptors (Lipinski definition) is 3. The minimum Gasteiger partial charge on any atom is -0.496 e. The molecule has 122 valence electrons. The predicted octanol–water partition coefficient (Wildman–Crippen LogP) is 2.95.